The molecule has 0 aliphatic carbocycles. The van der Waals surface area contributed by atoms with Crippen molar-refractivity contribution in [2.45, 2.75) is 71.6 Å². The summed E-state index contributed by atoms with van der Waals surface area (Å²) in [6.45, 7) is 11.2. The summed E-state index contributed by atoms with van der Waals surface area (Å²) in [4.78, 5) is 26.6. The number of fused-ring (bicyclic) bond motifs is 1. The summed E-state index contributed by atoms with van der Waals surface area (Å²) < 4.78 is 10.9. The van der Waals surface area contributed by atoms with Gasteiger partial charge < -0.3 is 19.7 Å². The molecule has 3 rings (SSSR count). The molecule has 1 heterocycles. The van der Waals surface area contributed by atoms with Crippen LogP contribution in [0.15, 0.2) is 48.5 Å². The van der Waals surface area contributed by atoms with Crippen molar-refractivity contribution in [1.82, 2.24) is 10.2 Å². The molecule has 2 aromatic rings. The molecule has 1 N–H and O–H groups in total. The van der Waals surface area contributed by atoms with E-state index in [1.165, 1.54) is 11.1 Å². The molecule has 33 heavy (non-hydrogen) atoms. The van der Waals surface area contributed by atoms with Gasteiger partial charge >= 0.3 is 12.2 Å². The summed E-state index contributed by atoms with van der Waals surface area (Å²) in [5, 5.41) is 2.98. The fourth-order valence-electron chi connectivity index (χ4n) is 3.99. The zero-order valence-corrected chi connectivity index (χ0v) is 20.4. The summed E-state index contributed by atoms with van der Waals surface area (Å²) >= 11 is 0. The molecule has 0 spiro atoms. The number of nitrogens with zero attached hydrogens (tertiary/aromatic N) is 1. The van der Waals surface area contributed by atoms with Gasteiger partial charge in [-0.25, -0.2) is 9.59 Å². The second-order valence-corrected chi connectivity index (χ2v) is 10.3. The number of alkyl carbamates (subject to hydrolysis) is 1. The van der Waals surface area contributed by atoms with Crippen molar-refractivity contribution in [3.05, 3.63) is 70.8 Å². The largest absolute Gasteiger partial charge is 0.445 e. The molecule has 0 saturated carbocycles. The number of hydrogen-bond acceptors (Lipinski definition) is 4. The van der Waals surface area contributed by atoms with Crippen molar-refractivity contribution < 1.29 is 19.1 Å². The standard InChI is InChI=1S/C27H36N2O4/c1-26(2,3)33-25(31)29-15-13-22-12-11-21(17-23(22)14-16-29)18-27(4,5)28-24(30)32-19-20-9-7-6-8-10-20/h6-12,17H,13-16,18-19H2,1-5H3,(H,28,30). The van der Waals surface area contributed by atoms with Gasteiger partial charge in [-0.2, -0.15) is 0 Å². The molecule has 2 aromatic carbocycles. The lowest BCUT2D eigenvalue weighted by Crippen LogP contribution is -2.45. The summed E-state index contributed by atoms with van der Waals surface area (Å²) in [6.07, 6.45) is 1.59. The molecule has 178 valence electrons. The Morgan fingerprint density at radius 3 is 2.24 bits per heavy atom. The first-order chi connectivity index (χ1) is 15.5. The third-order valence-corrected chi connectivity index (χ3v) is 5.52. The number of nitrogens with one attached hydrogen (secondary N) is 1. The van der Waals surface area contributed by atoms with Gasteiger partial charge in [0.15, 0.2) is 0 Å². The fraction of sp³-hybridized carbons (Fsp3) is 0.481. The lowest BCUT2D eigenvalue weighted by molar-refractivity contribution is 0.0258. The Balaban J connectivity index is 1.56. The Labute approximate surface area is 197 Å². The van der Waals surface area contributed by atoms with Crippen LogP contribution in [0.1, 0.15) is 56.9 Å². The Kier molecular flexibility index (Phi) is 7.67. The van der Waals surface area contributed by atoms with Gasteiger partial charge in [-0.15, -0.1) is 0 Å². The number of hydrogen-bond donors (Lipinski definition) is 1. The first-order valence-electron chi connectivity index (χ1n) is 11.6. The Hall–Kier alpha value is -3.02. The lowest BCUT2D eigenvalue weighted by atomic mass is 9.91. The maximum Gasteiger partial charge on any atom is 0.410 e. The average Bonchev–Trinajstić information content (AvgIpc) is 2.93. The van der Waals surface area contributed by atoms with Crippen molar-refractivity contribution in [2.24, 2.45) is 0 Å². The molecule has 0 fully saturated rings. The minimum absolute atomic E-state index is 0.246. The highest BCUT2D eigenvalue weighted by atomic mass is 16.6. The predicted octanol–water partition coefficient (Wildman–Crippen LogP) is 5.27. The Morgan fingerprint density at radius 2 is 1.58 bits per heavy atom. The van der Waals surface area contributed by atoms with Gasteiger partial charge in [0.05, 0.1) is 0 Å². The molecule has 6 nitrogen and oxygen atoms in total. The summed E-state index contributed by atoms with van der Waals surface area (Å²) in [6, 6.07) is 16.1. The smallest absolute Gasteiger partial charge is 0.410 e. The van der Waals surface area contributed by atoms with E-state index in [1.807, 2.05) is 65.0 Å². The van der Waals surface area contributed by atoms with Crippen LogP contribution in [0.3, 0.4) is 0 Å². The fourth-order valence-corrected chi connectivity index (χ4v) is 3.99. The van der Waals surface area contributed by atoms with Gasteiger partial charge in [0, 0.05) is 18.6 Å². The van der Waals surface area contributed by atoms with E-state index in [0.717, 1.165) is 24.0 Å². The van der Waals surface area contributed by atoms with Crippen molar-refractivity contribution in [3.8, 4) is 0 Å². The number of ether oxygens (including phenoxy) is 2. The van der Waals surface area contributed by atoms with Gasteiger partial charge in [-0.05, 0) is 76.1 Å². The van der Waals surface area contributed by atoms with E-state index in [2.05, 4.69) is 23.5 Å². The second kappa shape index (κ2) is 10.3. The summed E-state index contributed by atoms with van der Waals surface area (Å²) in [5.41, 5.74) is 3.66. The first-order valence-corrected chi connectivity index (χ1v) is 11.6. The van der Waals surface area contributed by atoms with Gasteiger partial charge in [0.1, 0.15) is 12.2 Å². The number of rotatable bonds is 5. The lowest BCUT2D eigenvalue weighted by Gasteiger charge is -2.26. The van der Waals surface area contributed by atoms with Crippen LogP contribution in [0.5, 0.6) is 0 Å². The predicted molar refractivity (Wildman–Crippen MR) is 129 cm³/mol. The number of carbonyl (C=O) groups is 2. The average molecular weight is 453 g/mol. The van der Waals surface area contributed by atoms with Crippen LogP contribution in [0.4, 0.5) is 9.59 Å². The molecule has 0 saturated heterocycles. The highest BCUT2D eigenvalue weighted by molar-refractivity contribution is 5.69. The molecule has 0 atom stereocenters. The van der Waals surface area contributed by atoms with Crippen molar-refractivity contribution in [2.75, 3.05) is 13.1 Å². The minimum Gasteiger partial charge on any atom is -0.445 e. The molecular formula is C27H36N2O4. The van der Waals surface area contributed by atoms with Crippen LogP contribution < -0.4 is 5.32 Å². The topological polar surface area (TPSA) is 67.9 Å². The third kappa shape index (κ3) is 7.81. The van der Waals surface area contributed by atoms with E-state index >= 15 is 0 Å². The maximum atomic E-state index is 12.5. The van der Waals surface area contributed by atoms with E-state index in [4.69, 9.17) is 9.47 Å². The normalized spacial score (nSPS) is 14.2. The second-order valence-electron chi connectivity index (χ2n) is 10.3. The number of benzene rings is 2. The SMILES string of the molecule is CC(C)(Cc1ccc2c(c1)CCN(C(=O)OC(C)(C)C)CC2)NC(=O)OCc1ccccc1. The highest BCUT2D eigenvalue weighted by Gasteiger charge is 2.25. The van der Waals surface area contributed by atoms with Crippen LogP contribution in [-0.4, -0.2) is 41.3 Å². The van der Waals surface area contributed by atoms with Crippen LogP contribution in [0, 0.1) is 0 Å². The molecule has 0 radical (unpaired) electrons. The molecule has 0 bridgehead atoms. The van der Waals surface area contributed by atoms with Crippen LogP contribution in [-0.2, 0) is 35.3 Å². The van der Waals surface area contributed by atoms with Gasteiger partial charge in [-0.3, -0.25) is 0 Å². The monoisotopic (exact) mass is 452 g/mol. The van der Waals surface area contributed by atoms with Gasteiger partial charge in [0.25, 0.3) is 0 Å². The molecule has 0 unspecified atom stereocenters. The Bertz CT molecular complexity index is 964. The van der Waals surface area contributed by atoms with Crippen LogP contribution >= 0.6 is 0 Å². The van der Waals surface area contributed by atoms with E-state index in [0.29, 0.717) is 19.5 Å². The quantitative estimate of drug-likeness (QED) is 0.671. The molecule has 2 amide bonds. The number of carbonyl (C=O) groups excluding carboxylic acids is 2. The van der Waals surface area contributed by atoms with Gasteiger partial charge in [0.2, 0.25) is 0 Å². The molecule has 0 aromatic heterocycles. The van der Waals surface area contributed by atoms with Crippen LogP contribution in [0.2, 0.25) is 0 Å². The molecule has 1 aliphatic heterocycles. The van der Waals surface area contributed by atoms with Gasteiger partial charge in [-0.1, -0.05) is 48.5 Å². The molecular weight excluding hydrogens is 416 g/mol. The van der Waals surface area contributed by atoms with E-state index in [1.54, 1.807) is 4.90 Å². The third-order valence-electron chi connectivity index (χ3n) is 5.52. The zero-order chi connectivity index (χ0) is 24.1. The molecule has 6 heteroatoms. The maximum absolute atomic E-state index is 12.5. The zero-order valence-electron chi connectivity index (χ0n) is 20.4. The van der Waals surface area contributed by atoms with Crippen molar-refractivity contribution >= 4 is 12.2 Å². The van der Waals surface area contributed by atoms with E-state index < -0.39 is 17.2 Å². The first kappa shape index (κ1) is 24.6. The Morgan fingerprint density at radius 1 is 0.909 bits per heavy atom. The number of amides is 2. The highest BCUT2D eigenvalue weighted by Crippen LogP contribution is 2.22. The van der Waals surface area contributed by atoms with E-state index in [9.17, 15) is 9.59 Å². The van der Waals surface area contributed by atoms with Crippen molar-refractivity contribution in [3.63, 3.8) is 0 Å². The van der Waals surface area contributed by atoms with Crippen molar-refractivity contribution in [1.29, 1.82) is 0 Å². The van der Waals surface area contributed by atoms with E-state index in [-0.39, 0.29) is 12.7 Å². The van der Waals surface area contributed by atoms with Crippen LogP contribution in [0.25, 0.3) is 0 Å². The minimum atomic E-state index is -0.496. The summed E-state index contributed by atoms with van der Waals surface area (Å²) in [7, 11) is 0. The molecule has 1 aliphatic rings. The summed E-state index contributed by atoms with van der Waals surface area (Å²) in [5.74, 6) is 0.